The van der Waals surface area contributed by atoms with Crippen molar-refractivity contribution in [3.05, 3.63) is 60.8 Å². The number of nitrogens with two attached hydrogens (primary N) is 1. The van der Waals surface area contributed by atoms with E-state index in [2.05, 4.69) is 74.6 Å². The Bertz CT molecular complexity index is 963. The van der Waals surface area contributed by atoms with Gasteiger partial charge in [-0.2, -0.15) is 0 Å². The molecule has 0 heterocycles. The standard InChI is InChI=1S/C42H76NO7P/c1-3-5-7-9-11-13-15-17-18-19-20-21-22-23-24-26-28-30-32-34-37-47-39-41(40-49-51(45,46)48-38-36-43)50-42(44)35-33-31-29-27-25-16-14-12-10-8-6-4-2/h5,7,11,13,17-18,20-21,23-24,41H,3-4,6,8-10,12,14-16,19,22,25-40,43H2,1-2H3,(H,45,46)/b7-5-,13-11-,18-17-,21-20-,24-23-. The lowest BCUT2D eigenvalue weighted by molar-refractivity contribution is -0.154. The van der Waals surface area contributed by atoms with E-state index in [0.717, 1.165) is 83.5 Å². The number of carbonyl (C=O) groups is 1. The maximum atomic E-state index is 12.5. The average molecular weight is 738 g/mol. The Morgan fingerprint density at radius 1 is 0.608 bits per heavy atom. The van der Waals surface area contributed by atoms with Crippen LogP contribution in [-0.2, 0) is 27.9 Å². The molecule has 0 aromatic rings. The molecule has 296 valence electrons. The monoisotopic (exact) mass is 738 g/mol. The third kappa shape index (κ3) is 39.2. The summed E-state index contributed by atoms with van der Waals surface area (Å²) in [7, 11) is -4.28. The molecule has 0 fully saturated rings. The Balaban J connectivity index is 4.11. The van der Waals surface area contributed by atoms with Gasteiger partial charge in [-0.15, -0.1) is 0 Å². The van der Waals surface area contributed by atoms with Crippen molar-refractivity contribution in [3.63, 3.8) is 0 Å². The van der Waals surface area contributed by atoms with Crippen molar-refractivity contribution in [1.29, 1.82) is 0 Å². The molecule has 2 atom stereocenters. The molecular formula is C42H76NO7P. The van der Waals surface area contributed by atoms with Crippen molar-refractivity contribution < 1.29 is 32.8 Å². The SMILES string of the molecule is CC/C=C\C/C=C\C/C=C\C/C=C\C/C=C\CCCCCCOCC(COP(=O)(O)OCCN)OC(=O)CCCCCCCCCCCCCC. The number of ether oxygens (including phenoxy) is 2. The van der Waals surface area contributed by atoms with Gasteiger partial charge in [0, 0.05) is 19.6 Å². The highest BCUT2D eigenvalue weighted by atomic mass is 31.2. The maximum Gasteiger partial charge on any atom is 0.472 e. The summed E-state index contributed by atoms with van der Waals surface area (Å²) in [5, 5.41) is 0. The highest BCUT2D eigenvalue weighted by molar-refractivity contribution is 7.47. The summed E-state index contributed by atoms with van der Waals surface area (Å²) in [5.74, 6) is -0.343. The summed E-state index contributed by atoms with van der Waals surface area (Å²) in [6.07, 6.45) is 46.6. The summed E-state index contributed by atoms with van der Waals surface area (Å²) in [6.45, 7) is 4.73. The second-order valence-corrected chi connectivity index (χ2v) is 14.6. The van der Waals surface area contributed by atoms with Crippen molar-refractivity contribution in [1.82, 2.24) is 0 Å². The molecule has 0 aliphatic heterocycles. The quantitative estimate of drug-likeness (QED) is 0.0278. The van der Waals surface area contributed by atoms with Crippen LogP contribution < -0.4 is 5.73 Å². The molecular weight excluding hydrogens is 661 g/mol. The Morgan fingerprint density at radius 2 is 1.10 bits per heavy atom. The van der Waals surface area contributed by atoms with E-state index in [1.807, 2.05) is 0 Å². The number of rotatable bonds is 38. The van der Waals surface area contributed by atoms with Crippen molar-refractivity contribution in [3.8, 4) is 0 Å². The van der Waals surface area contributed by atoms with E-state index >= 15 is 0 Å². The number of hydrogen-bond acceptors (Lipinski definition) is 7. The van der Waals surface area contributed by atoms with E-state index in [1.165, 1.54) is 57.8 Å². The van der Waals surface area contributed by atoms with Gasteiger partial charge in [-0.25, -0.2) is 4.57 Å². The van der Waals surface area contributed by atoms with E-state index in [9.17, 15) is 14.3 Å². The zero-order valence-corrected chi connectivity index (χ0v) is 33.5. The Kier molecular flexibility index (Phi) is 38.0. The zero-order valence-electron chi connectivity index (χ0n) is 32.6. The molecule has 0 radical (unpaired) electrons. The van der Waals surface area contributed by atoms with Crippen LogP contribution in [0.5, 0.6) is 0 Å². The molecule has 9 heteroatoms. The molecule has 0 aliphatic rings. The fraction of sp³-hybridized carbons (Fsp3) is 0.738. The van der Waals surface area contributed by atoms with Crippen LogP contribution in [0.15, 0.2) is 60.8 Å². The van der Waals surface area contributed by atoms with Crippen LogP contribution in [-0.4, -0.2) is 49.9 Å². The molecule has 8 nitrogen and oxygen atoms in total. The van der Waals surface area contributed by atoms with Crippen molar-refractivity contribution >= 4 is 13.8 Å². The molecule has 0 aliphatic carbocycles. The molecule has 0 amide bonds. The molecule has 0 aromatic heterocycles. The highest BCUT2D eigenvalue weighted by Crippen LogP contribution is 2.43. The minimum atomic E-state index is -4.28. The predicted molar refractivity (Wildman–Crippen MR) is 215 cm³/mol. The van der Waals surface area contributed by atoms with Gasteiger partial charge in [-0.1, -0.05) is 158 Å². The van der Waals surface area contributed by atoms with Crippen LogP contribution in [0, 0.1) is 0 Å². The number of phosphoric acid groups is 1. The first-order valence-electron chi connectivity index (χ1n) is 20.3. The molecule has 0 saturated carbocycles. The van der Waals surface area contributed by atoms with Gasteiger partial charge < -0.3 is 20.1 Å². The summed E-state index contributed by atoms with van der Waals surface area (Å²) in [4.78, 5) is 22.4. The van der Waals surface area contributed by atoms with Crippen LogP contribution >= 0.6 is 7.82 Å². The van der Waals surface area contributed by atoms with Gasteiger partial charge in [0.05, 0.1) is 19.8 Å². The molecule has 0 saturated heterocycles. The van der Waals surface area contributed by atoms with Gasteiger partial charge in [0.1, 0.15) is 6.10 Å². The molecule has 0 aromatic carbocycles. The normalized spacial score (nSPS) is 14.2. The average Bonchev–Trinajstić information content (AvgIpc) is 3.12. The predicted octanol–water partition coefficient (Wildman–Crippen LogP) is 11.8. The number of phosphoric ester groups is 1. The fourth-order valence-corrected chi connectivity index (χ4v) is 6.02. The zero-order chi connectivity index (χ0) is 37.4. The lowest BCUT2D eigenvalue weighted by atomic mass is 10.0. The molecule has 2 unspecified atom stereocenters. The molecule has 3 N–H and O–H groups in total. The van der Waals surface area contributed by atoms with E-state index in [0.29, 0.717) is 13.0 Å². The summed E-state index contributed by atoms with van der Waals surface area (Å²) in [6, 6.07) is 0. The van der Waals surface area contributed by atoms with Crippen molar-refractivity contribution in [2.24, 2.45) is 5.73 Å². The van der Waals surface area contributed by atoms with Gasteiger partial charge in [-0.3, -0.25) is 13.8 Å². The van der Waals surface area contributed by atoms with Gasteiger partial charge in [0.2, 0.25) is 0 Å². The molecule has 0 bridgehead atoms. The van der Waals surface area contributed by atoms with Crippen LogP contribution in [0.4, 0.5) is 0 Å². The van der Waals surface area contributed by atoms with Gasteiger partial charge in [0.15, 0.2) is 0 Å². The number of hydrogen-bond donors (Lipinski definition) is 2. The number of carbonyl (C=O) groups excluding carboxylic acids is 1. The number of esters is 1. The van der Waals surface area contributed by atoms with E-state index in [4.69, 9.17) is 24.3 Å². The van der Waals surface area contributed by atoms with Crippen LogP contribution in [0.25, 0.3) is 0 Å². The van der Waals surface area contributed by atoms with Crippen LogP contribution in [0.1, 0.15) is 162 Å². The van der Waals surface area contributed by atoms with Gasteiger partial charge in [-0.05, 0) is 57.8 Å². The maximum absolute atomic E-state index is 12.5. The third-order valence-electron chi connectivity index (χ3n) is 8.20. The van der Waals surface area contributed by atoms with E-state index < -0.39 is 13.9 Å². The highest BCUT2D eigenvalue weighted by Gasteiger charge is 2.25. The first-order valence-corrected chi connectivity index (χ1v) is 21.8. The summed E-state index contributed by atoms with van der Waals surface area (Å²) < 4.78 is 33.3. The van der Waals surface area contributed by atoms with Crippen molar-refractivity contribution in [2.45, 2.75) is 168 Å². The lowest BCUT2D eigenvalue weighted by Gasteiger charge is -2.20. The Labute approximate surface area is 313 Å². The fourth-order valence-electron chi connectivity index (χ4n) is 5.26. The molecule has 0 rings (SSSR count). The van der Waals surface area contributed by atoms with Gasteiger partial charge >= 0.3 is 13.8 Å². The number of unbranched alkanes of at least 4 members (excludes halogenated alkanes) is 15. The lowest BCUT2D eigenvalue weighted by Crippen LogP contribution is -2.28. The topological polar surface area (TPSA) is 117 Å². The summed E-state index contributed by atoms with van der Waals surface area (Å²) in [5.41, 5.74) is 5.36. The first kappa shape index (κ1) is 49.2. The molecule has 51 heavy (non-hydrogen) atoms. The third-order valence-corrected chi connectivity index (χ3v) is 9.18. The Morgan fingerprint density at radius 3 is 1.65 bits per heavy atom. The van der Waals surface area contributed by atoms with Gasteiger partial charge in [0.25, 0.3) is 0 Å². The van der Waals surface area contributed by atoms with Crippen LogP contribution in [0.3, 0.4) is 0 Å². The second-order valence-electron chi connectivity index (χ2n) is 13.1. The smallest absolute Gasteiger partial charge is 0.457 e. The Hall–Kier alpha value is -1.80. The summed E-state index contributed by atoms with van der Waals surface area (Å²) >= 11 is 0. The largest absolute Gasteiger partial charge is 0.472 e. The molecule has 0 spiro atoms. The minimum Gasteiger partial charge on any atom is -0.457 e. The first-order chi connectivity index (χ1) is 24.9. The second kappa shape index (κ2) is 39.4. The number of allylic oxidation sites excluding steroid dienone is 10. The van der Waals surface area contributed by atoms with E-state index in [-0.39, 0.29) is 32.3 Å². The van der Waals surface area contributed by atoms with E-state index in [1.54, 1.807) is 0 Å². The van der Waals surface area contributed by atoms with Crippen LogP contribution in [0.2, 0.25) is 0 Å². The minimum absolute atomic E-state index is 0.0940. The van der Waals surface area contributed by atoms with Crippen molar-refractivity contribution in [2.75, 3.05) is 33.0 Å².